The standard InChI is InChI=1S/C22H25FN6O/c1-14-21-19(27(3)15(2)22(30)28(21)4)9-20(26-14)24-10-17-11-25-29(13-17)12-16-5-7-18(23)8-6-16/h5-9,11,13,15H,10,12H2,1-4H3,(H,24,26)/t15-/m0/s1. The minimum Gasteiger partial charge on any atom is -0.366 e. The Labute approximate surface area is 175 Å². The van der Waals surface area contributed by atoms with Gasteiger partial charge in [-0.3, -0.25) is 9.48 Å². The molecule has 0 spiro atoms. The first-order valence-corrected chi connectivity index (χ1v) is 9.85. The highest BCUT2D eigenvalue weighted by atomic mass is 19.1. The third-order valence-corrected chi connectivity index (χ3v) is 5.55. The second-order valence-corrected chi connectivity index (χ2v) is 7.67. The van der Waals surface area contributed by atoms with Gasteiger partial charge in [0.2, 0.25) is 5.91 Å². The highest BCUT2D eigenvalue weighted by molar-refractivity contribution is 6.05. The molecule has 1 amide bonds. The zero-order chi connectivity index (χ0) is 21.4. The van der Waals surface area contributed by atoms with Gasteiger partial charge in [-0.15, -0.1) is 0 Å². The van der Waals surface area contributed by atoms with E-state index in [4.69, 9.17) is 0 Å². The average Bonchev–Trinajstić information content (AvgIpc) is 3.17. The van der Waals surface area contributed by atoms with Gasteiger partial charge in [-0.05, 0) is 31.5 Å². The molecular formula is C22H25FN6O. The maximum Gasteiger partial charge on any atom is 0.249 e. The molecule has 0 unspecified atom stereocenters. The summed E-state index contributed by atoms with van der Waals surface area (Å²) in [6.07, 6.45) is 3.77. The van der Waals surface area contributed by atoms with Gasteiger partial charge >= 0.3 is 0 Å². The smallest absolute Gasteiger partial charge is 0.249 e. The van der Waals surface area contributed by atoms with E-state index < -0.39 is 0 Å². The van der Waals surface area contributed by atoms with Crippen molar-refractivity contribution in [3.8, 4) is 0 Å². The fraction of sp³-hybridized carbons (Fsp3) is 0.318. The van der Waals surface area contributed by atoms with Crippen LogP contribution in [0.2, 0.25) is 0 Å². The number of rotatable bonds is 5. The lowest BCUT2D eigenvalue weighted by Gasteiger charge is -2.38. The second kappa shape index (κ2) is 7.78. The van der Waals surface area contributed by atoms with E-state index in [1.807, 2.05) is 48.9 Å². The molecule has 30 heavy (non-hydrogen) atoms. The summed E-state index contributed by atoms with van der Waals surface area (Å²) in [7, 11) is 3.72. The minimum absolute atomic E-state index is 0.0594. The summed E-state index contributed by atoms with van der Waals surface area (Å²) < 4.78 is 14.9. The Morgan fingerprint density at radius 3 is 2.63 bits per heavy atom. The number of hydrogen-bond donors (Lipinski definition) is 1. The molecule has 2 aromatic heterocycles. The van der Waals surface area contributed by atoms with Crippen LogP contribution < -0.4 is 15.1 Å². The molecule has 1 N–H and O–H groups in total. The van der Waals surface area contributed by atoms with Crippen molar-refractivity contribution < 1.29 is 9.18 Å². The molecular weight excluding hydrogens is 383 g/mol. The van der Waals surface area contributed by atoms with Gasteiger partial charge in [-0.2, -0.15) is 5.10 Å². The van der Waals surface area contributed by atoms with Crippen LogP contribution in [0.3, 0.4) is 0 Å². The molecule has 1 aliphatic heterocycles. The molecule has 3 heterocycles. The Morgan fingerprint density at radius 1 is 1.17 bits per heavy atom. The predicted octanol–water partition coefficient (Wildman–Crippen LogP) is 3.19. The number of fused-ring (bicyclic) bond motifs is 1. The maximum absolute atomic E-state index is 13.1. The van der Waals surface area contributed by atoms with Gasteiger partial charge in [0, 0.05) is 38.5 Å². The molecule has 8 heteroatoms. The summed E-state index contributed by atoms with van der Waals surface area (Å²) >= 11 is 0. The Bertz CT molecular complexity index is 1080. The number of amides is 1. The first-order valence-electron chi connectivity index (χ1n) is 9.85. The lowest BCUT2D eigenvalue weighted by atomic mass is 10.1. The highest BCUT2D eigenvalue weighted by Crippen LogP contribution is 2.37. The van der Waals surface area contributed by atoms with Crippen molar-refractivity contribution in [1.29, 1.82) is 0 Å². The Hall–Kier alpha value is -3.42. The summed E-state index contributed by atoms with van der Waals surface area (Å²) in [5.41, 5.74) is 4.63. The number of pyridine rings is 1. The predicted molar refractivity (Wildman–Crippen MR) is 115 cm³/mol. The summed E-state index contributed by atoms with van der Waals surface area (Å²) in [5.74, 6) is 0.566. The number of carbonyl (C=O) groups excluding carboxylic acids is 1. The number of hydrogen-bond acceptors (Lipinski definition) is 5. The lowest BCUT2D eigenvalue weighted by Crippen LogP contribution is -2.49. The number of carbonyl (C=O) groups is 1. The van der Waals surface area contributed by atoms with Gasteiger partial charge < -0.3 is 15.1 Å². The van der Waals surface area contributed by atoms with Crippen LogP contribution in [-0.4, -0.2) is 40.8 Å². The maximum atomic E-state index is 13.1. The fourth-order valence-electron chi connectivity index (χ4n) is 3.74. The van der Waals surface area contributed by atoms with Crippen LogP contribution in [0.1, 0.15) is 23.7 Å². The van der Waals surface area contributed by atoms with Crippen molar-refractivity contribution >= 4 is 23.1 Å². The molecule has 1 atom stereocenters. The number of aromatic nitrogens is 3. The number of benzene rings is 1. The van der Waals surface area contributed by atoms with Gasteiger partial charge in [0.1, 0.15) is 17.7 Å². The fourth-order valence-corrected chi connectivity index (χ4v) is 3.74. The largest absolute Gasteiger partial charge is 0.366 e. The van der Waals surface area contributed by atoms with E-state index in [-0.39, 0.29) is 17.8 Å². The topological polar surface area (TPSA) is 66.3 Å². The molecule has 1 aliphatic rings. The van der Waals surface area contributed by atoms with Gasteiger partial charge in [0.05, 0.1) is 29.8 Å². The number of nitrogens with one attached hydrogen (secondary N) is 1. The van der Waals surface area contributed by atoms with E-state index in [1.165, 1.54) is 12.1 Å². The molecule has 1 aromatic carbocycles. The molecule has 0 fully saturated rings. The average molecular weight is 408 g/mol. The van der Waals surface area contributed by atoms with E-state index >= 15 is 0 Å². The molecule has 0 saturated heterocycles. The zero-order valence-electron chi connectivity index (χ0n) is 17.6. The third kappa shape index (κ3) is 3.72. The number of likely N-dealkylation sites (N-methyl/N-ethyl adjacent to an activating group) is 2. The molecule has 0 aliphatic carbocycles. The SMILES string of the molecule is Cc1nc(NCc2cnn(Cc3ccc(F)cc3)c2)cc2c1N(C)C(=O)[C@H](C)N2C. The quantitative estimate of drug-likeness (QED) is 0.702. The van der Waals surface area contributed by atoms with Crippen molar-refractivity contribution in [1.82, 2.24) is 14.8 Å². The third-order valence-electron chi connectivity index (χ3n) is 5.55. The van der Waals surface area contributed by atoms with Crippen molar-refractivity contribution in [2.75, 3.05) is 29.2 Å². The second-order valence-electron chi connectivity index (χ2n) is 7.67. The van der Waals surface area contributed by atoms with Gasteiger partial charge in [-0.25, -0.2) is 9.37 Å². The molecule has 4 rings (SSSR count). The van der Waals surface area contributed by atoms with Crippen LogP contribution >= 0.6 is 0 Å². The molecule has 0 saturated carbocycles. The Morgan fingerprint density at radius 2 is 1.90 bits per heavy atom. The Balaban J connectivity index is 1.47. The van der Waals surface area contributed by atoms with Crippen LogP contribution in [0, 0.1) is 12.7 Å². The van der Waals surface area contributed by atoms with Gasteiger partial charge in [0.25, 0.3) is 0 Å². The monoisotopic (exact) mass is 408 g/mol. The number of halogens is 1. The van der Waals surface area contributed by atoms with Gasteiger partial charge in [-0.1, -0.05) is 12.1 Å². The van der Waals surface area contributed by atoms with Crippen molar-refractivity contribution in [3.05, 3.63) is 65.4 Å². The van der Waals surface area contributed by atoms with Crippen LogP contribution in [0.25, 0.3) is 0 Å². The van der Waals surface area contributed by atoms with Crippen molar-refractivity contribution in [3.63, 3.8) is 0 Å². The van der Waals surface area contributed by atoms with Gasteiger partial charge in [0.15, 0.2) is 0 Å². The number of anilines is 3. The van der Waals surface area contributed by atoms with E-state index in [2.05, 4.69) is 15.4 Å². The summed E-state index contributed by atoms with van der Waals surface area (Å²) in [5, 5.41) is 7.74. The lowest BCUT2D eigenvalue weighted by molar-refractivity contribution is -0.119. The first kappa shape index (κ1) is 19.9. The van der Waals surface area contributed by atoms with Crippen LogP contribution in [0.5, 0.6) is 0 Å². The van der Waals surface area contributed by atoms with Crippen molar-refractivity contribution in [2.24, 2.45) is 0 Å². The van der Waals surface area contributed by atoms with E-state index in [0.29, 0.717) is 13.1 Å². The molecule has 156 valence electrons. The molecule has 0 bridgehead atoms. The summed E-state index contributed by atoms with van der Waals surface area (Å²) in [6.45, 7) is 4.97. The normalized spacial score (nSPS) is 16.0. The Kier molecular flexibility index (Phi) is 5.15. The van der Waals surface area contributed by atoms with Crippen LogP contribution in [-0.2, 0) is 17.9 Å². The summed E-state index contributed by atoms with van der Waals surface area (Å²) in [6, 6.07) is 8.18. The summed E-state index contributed by atoms with van der Waals surface area (Å²) in [4.78, 5) is 20.7. The first-order chi connectivity index (χ1) is 14.3. The number of nitrogens with zero attached hydrogens (tertiary/aromatic N) is 5. The van der Waals surface area contributed by atoms with E-state index in [1.54, 1.807) is 24.1 Å². The molecule has 7 nitrogen and oxygen atoms in total. The molecule has 0 radical (unpaired) electrons. The van der Waals surface area contributed by atoms with Crippen molar-refractivity contribution in [2.45, 2.75) is 33.0 Å². The van der Waals surface area contributed by atoms with E-state index in [0.717, 1.165) is 34.0 Å². The minimum atomic E-state index is -0.243. The highest BCUT2D eigenvalue weighted by Gasteiger charge is 2.33. The van der Waals surface area contributed by atoms with E-state index in [9.17, 15) is 9.18 Å². The zero-order valence-corrected chi connectivity index (χ0v) is 17.6. The van der Waals surface area contributed by atoms with Crippen LogP contribution in [0.15, 0.2) is 42.7 Å². The van der Waals surface area contributed by atoms with Crippen LogP contribution in [0.4, 0.5) is 21.6 Å². The molecule has 3 aromatic rings. The number of aryl methyl sites for hydroxylation is 1.